The highest BCUT2D eigenvalue weighted by atomic mass is 35.5. The summed E-state index contributed by atoms with van der Waals surface area (Å²) in [5, 5.41) is 21.2. The van der Waals surface area contributed by atoms with E-state index in [1.807, 2.05) is 13.8 Å². The van der Waals surface area contributed by atoms with Crippen molar-refractivity contribution in [3.05, 3.63) is 23.8 Å². The molecule has 0 amide bonds. The molecule has 4 aliphatic rings. The van der Waals surface area contributed by atoms with Gasteiger partial charge in [0.25, 0.3) is 0 Å². The Balaban J connectivity index is 1.86. The Morgan fingerprint density at radius 2 is 1.92 bits per heavy atom. The van der Waals surface area contributed by atoms with Gasteiger partial charge in [-0.05, 0) is 61.2 Å². The van der Waals surface area contributed by atoms with E-state index in [9.17, 15) is 15.0 Å². The molecule has 0 radical (unpaired) electrons. The zero-order chi connectivity index (χ0) is 18.4. The molecule has 0 unspecified atom stereocenters. The first kappa shape index (κ1) is 17.7. The first-order valence-corrected chi connectivity index (χ1v) is 9.63. The maximum atomic E-state index is 16.7. The minimum atomic E-state index is -1.88. The molecule has 2 N–H and O–H groups in total. The van der Waals surface area contributed by atoms with Crippen molar-refractivity contribution in [2.24, 2.45) is 28.6 Å². The summed E-state index contributed by atoms with van der Waals surface area (Å²) in [6.45, 7) is 5.73. The standard InChI is InChI=1S/C20H26ClFO3/c1-10-6-12-13-8-15(21)14-7-11(23)4-5-19(14,3)20(13,22)16(24)9-18(12,2)17(10)25/h4-5,7,10,12-13,15-17,24-25H,6,8-9H2,1-3H3/t10-,12-,13-,15-,16-,17+,18-,19-,20-/m0/s1. The van der Waals surface area contributed by atoms with E-state index in [1.165, 1.54) is 12.2 Å². The van der Waals surface area contributed by atoms with Crippen molar-refractivity contribution in [1.82, 2.24) is 0 Å². The van der Waals surface area contributed by atoms with Gasteiger partial charge in [-0.2, -0.15) is 0 Å². The van der Waals surface area contributed by atoms with Crippen LogP contribution in [0.2, 0.25) is 0 Å². The summed E-state index contributed by atoms with van der Waals surface area (Å²) >= 11 is 6.62. The van der Waals surface area contributed by atoms with Crippen molar-refractivity contribution in [1.29, 1.82) is 0 Å². The maximum absolute atomic E-state index is 16.7. The van der Waals surface area contributed by atoms with Gasteiger partial charge in [0.2, 0.25) is 0 Å². The first-order valence-electron chi connectivity index (χ1n) is 9.20. The van der Waals surface area contributed by atoms with Gasteiger partial charge in [-0.3, -0.25) is 4.79 Å². The van der Waals surface area contributed by atoms with E-state index in [0.29, 0.717) is 12.0 Å². The average molecular weight is 369 g/mol. The Hall–Kier alpha value is -0.710. The lowest BCUT2D eigenvalue weighted by molar-refractivity contribution is -0.200. The van der Waals surface area contributed by atoms with Crippen molar-refractivity contribution in [2.75, 3.05) is 0 Å². The highest BCUT2D eigenvalue weighted by Crippen LogP contribution is 2.68. The summed E-state index contributed by atoms with van der Waals surface area (Å²) in [6.07, 6.45) is 4.05. The van der Waals surface area contributed by atoms with Crippen LogP contribution in [0, 0.1) is 28.6 Å². The Kier molecular flexibility index (Phi) is 3.66. The van der Waals surface area contributed by atoms with Crippen LogP contribution < -0.4 is 0 Å². The molecule has 3 nitrogen and oxygen atoms in total. The highest BCUT2D eigenvalue weighted by molar-refractivity contribution is 6.23. The van der Waals surface area contributed by atoms with Crippen molar-refractivity contribution < 1.29 is 19.4 Å². The Bertz CT molecular complexity index is 690. The molecule has 25 heavy (non-hydrogen) atoms. The van der Waals surface area contributed by atoms with Crippen molar-refractivity contribution in [3.8, 4) is 0 Å². The molecule has 0 saturated heterocycles. The van der Waals surface area contributed by atoms with Crippen LogP contribution in [-0.2, 0) is 4.79 Å². The second kappa shape index (κ2) is 5.17. The number of hydrogen-bond donors (Lipinski definition) is 2. The summed E-state index contributed by atoms with van der Waals surface area (Å²) in [4.78, 5) is 11.8. The number of rotatable bonds is 0. The molecule has 0 heterocycles. The van der Waals surface area contributed by atoms with Gasteiger partial charge in [0, 0.05) is 11.3 Å². The normalized spacial score (nSPS) is 57.6. The third-order valence-corrected chi connectivity index (χ3v) is 8.32. The molecule has 0 bridgehead atoms. The van der Waals surface area contributed by atoms with Crippen LogP contribution in [-0.4, -0.2) is 39.3 Å². The van der Waals surface area contributed by atoms with Gasteiger partial charge in [-0.15, -0.1) is 11.6 Å². The van der Waals surface area contributed by atoms with E-state index >= 15 is 4.39 Å². The SMILES string of the molecule is C[C@H]1C[C@H]2[C@@H]3C[C@H](Cl)C4=CC(=O)C=C[C@]4(C)[C@@]3(F)[C@@H](O)C[C@]2(C)[C@@H]1O. The lowest BCUT2D eigenvalue weighted by Gasteiger charge is -2.62. The van der Waals surface area contributed by atoms with Crippen molar-refractivity contribution in [3.63, 3.8) is 0 Å². The van der Waals surface area contributed by atoms with Crippen molar-refractivity contribution in [2.45, 2.75) is 63.3 Å². The Labute approximate surface area is 152 Å². The molecular weight excluding hydrogens is 343 g/mol. The van der Waals surface area contributed by atoms with E-state index < -0.39 is 40.0 Å². The van der Waals surface area contributed by atoms with Crippen LogP contribution >= 0.6 is 11.6 Å². The summed E-state index contributed by atoms with van der Waals surface area (Å²) in [7, 11) is 0. The number of carbonyl (C=O) groups excluding carboxylic acids is 1. The van der Waals surface area contributed by atoms with Gasteiger partial charge < -0.3 is 10.2 Å². The predicted molar refractivity (Wildman–Crippen MR) is 93.9 cm³/mol. The van der Waals surface area contributed by atoms with Gasteiger partial charge in [-0.1, -0.05) is 19.9 Å². The molecule has 3 saturated carbocycles. The molecule has 0 aromatic heterocycles. The van der Waals surface area contributed by atoms with E-state index in [2.05, 4.69) is 0 Å². The second-order valence-corrected chi connectivity index (χ2v) is 9.63. The van der Waals surface area contributed by atoms with Gasteiger partial charge in [0.1, 0.15) is 0 Å². The van der Waals surface area contributed by atoms with Crippen LogP contribution in [0.5, 0.6) is 0 Å². The van der Waals surface area contributed by atoms with E-state index in [4.69, 9.17) is 11.6 Å². The van der Waals surface area contributed by atoms with Crippen LogP contribution in [0.4, 0.5) is 4.39 Å². The lowest BCUT2D eigenvalue weighted by Crippen LogP contribution is -2.68. The number of fused-ring (bicyclic) bond motifs is 5. The number of hydrogen-bond acceptors (Lipinski definition) is 3. The highest BCUT2D eigenvalue weighted by Gasteiger charge is 2.72. The Morgan fingerprint density at radius 1 is 1.24 bits per heavy atom. The number of halogens is 2. The maximum Gasteiger partial charge on any atom is 0.178 e. The third-order valence-electron chi connectivity index (χ3n) is 7.90. The van der Waals surface area contributed by atoms with E-state index in [-0.39, 0.29) is 24.0 Å². The number of aliphatic hydroxyl groups is 2. The molecular formula is C20H26ClFO3. The molecule has 5 heteroatoms. The fourth-order valence-electron chi connectivity index (χ4n) is 6.55. The van der Waals surface area contributed by atoms with Gasteiger partial charge in [0.15, 0.2) is 11.5 Å². The topological polar surface area (TPSA) is 57.5 Å². The molecule has 4 rings (SSSR count). The largest absolute Gasteiger partial charge is 0.392 e. The summed E-state index contributed by atoms with van der Waals surface area (Å²) < 4.78 is 16.7. The van der Waals surface area contributed by atoms with Gasteiger partial charge in [-0.25, -0.2) is 4.39 Å². The first-order chi connectivity index (χ1) is 11.6. The minimum absolute atomic E-state index is 0.0310. The van der Waals surface area contributed by atoms with Gasteiger partial charge >= 0.3 is 0 Å². The number of allylic oxidation sites excluding steroid dienone is 4. The fraction of sp³-hybridized carbons (Fsp3) is 0.750. The quantitative estimate of drug-likeness (QED) is 0.646. The van der Waals surface area contributed by atoms with Crippen LogP contribution in [0.3, 0.4) is 0 Å². The second-order valence-electron chi connectivity index (χ2n) is 9.11. The molecule has 0 aliphatic heterocycles. The predicted octanol–water partition coefficient (Wildman–Crippen LogP) is 3.18. The smallest absolute Gasteiger partial charge is 0.178 e. The van der Waals surface area contributed by atoms with Gasteiger partial charge in [0.05, 0.1) is 17.6 Å². The number of alkyl halides is 2. The molecule has 138 valence electrons. The number of carbonyl (C=O) groups is 1. The molecule has 4 aliphatic carbocycles. The lowest BCUT2D eigenvalue weighted by atomic mass is 9.45. The molecule has 3 fully saturated rings. The summed E-state index contributed by atoms with van der Waals surface area (Å²) in [5.41, 5.74) is -2.89. The zero-order valence-electron chi connectivity index (χ0n) is 14.9. The summed E-state index contributed by atoms with van der Waals surface area (Å²) in [6, 6.07) is 0. The van der Waals surface area contributed by atoms with Crippen LogP contribution in [0.15, 0.2) is 23.8 Å². The average Bonchev–Trinajstić information content (AvgIpc) is 2.76. The van der Waals surface area contributed by atoms with Crippen molar-refractivity contribution >= 4 is 17.4 Å². The molecule has 0 aromatic carbocycles. The zero-order valence-corrected chi connectivity index (χ0v) is 15.6. The monoisotopic (exact) mass is 368 g/mol. The molecule has 9 atom stereocenters. The summed E-state index contributed by atoms with van der Waals surface area (Å²) in [5.74, 6) is -0.577. The number of aliphatic hydroxyl groups excluding tert-OH is 2. The molecule has 0 aromatic rings. The minimum Gasteiger partial charge on any atom is -0.392 e. The van der Waals surface area contributed by atoms with Crippen LogP contribution in [0.1, 0.15) is 40.0 Å². The van der Waals surface area contributed by atoms with Crippen LogP contribution in [0.25, 0.3) is 0 Å². The number of ketones is 1. The molecule has 0 spiro atoms. The fourth-order valence-corrected chi connectivity index (χ4v) is 7.03. The Morgan fingerprint density at radius 3 is 2.60 bits per heavy atom. The van der Waals surface area contributed by atoms with E-state index in [0.717, 1.165) is 6.42 Å². The third kappa shape index (κ3) is 1.97. The van der Waals surface area contributed by atoms with E-state index in [1.54, 1.807) is 13.0 Å².